The number of halogens is 4. The number of aryl methyl sites for hydroxylation is 2. The molecule has 0 aromatic heterocycles. The summed E-state index contributed by atoms with van der Waals surface area (Å²) in [5.41, 5.74) is -0.281. The van der Waals surface area contributed by atoms with Crippen molar-refractivity contribution < 1.29 is 18.0 Å². The Morgan fingerprint density at radius 3 is 2.50 bits per heavy atom. The second kappa shape index (κ2) is 6.33. The molecule has 1 heterocycles. The van der Waals surface area contributed by atoms with E-state index in [0.717, 1.165) is 0 Å². The molecule has 0 saturated carbocycles. The van der Waals surface area contributed by atoms with Crippen molar-refractivity contribution in [3.63, 3.8) is 0 Å². The smallest absolute Gasteiger partial charge is 0.374 e. The van der Waals surface area contributed by atoms with Gasteiger partial charge >= 0.3 is 6.18 Å². The minimum Gasteiger partial charge on any atom is -0.374 e. The molecule has 0 bridgehead atoms. The number of hydrogen-bond acceptors (Lipinski definition) is 3. The van der Waals surface area contributed by atoms with E-state index in [9.17, 15) is 13.2 Å². The first-order valence-corrected chi connectivity index (χ1v) is 8.14. The minimum absolute atomic E-state index is 0.0842. The molecule has 1 atom stereocenters. The van der Waals surface area contributed by atoms with E-state index < -0.39 is 18.2 Å². The molecule has 26 heavy (non-hydrogen) atoms. The minimum atomic E-state index is -4.68. The number of benzene rings is 2. The van der Waals surface area contributed by atoms with E-state index >= 15 is 0 Å². The maximum Gasteiger partial charge on any atom is 0.435 e. The van der Waals surface area contributed by atoms with Gasteiger partial charge in [0, 0.05) is 17.0 Å². The summed E-state index contributed by atoms with van der Waals surface area (Å²) in [6.07, 6.45) is -5.15. The molecule has 7 heteroatoms. The first-order valence-electron chi connectivity index (χ1n) is 7.77. The fourth-order valence-electron chi connectivity index (χ4n) is 3.00. The second-order valence-electron chi connectivity index (χ2n) is 6.29. The van der Waals surface area contributed by atoms with Crippen LogP contribution in [0.1, 0.15) is 34.2 Å². The third-order valence-corrected chi connectivity index (χ3v) is 4.59. The highest BCUT2D eigenvalue weighted by atomic mass is 35.5. The van der Waals surface area contributed by atoms with Gasteiger partial charge in [-0.05, 0) is 54.8 Å². The van der Waals surface area contributed by atoms with Gasteiger partial charge in [0.25, 0.3) is 5.60 Å². The van der Waals surface area contributed by atoms with E-state index in [1.54, 1.807) is 38.1 Å². The summed E-state index contributed by atoms with van der Waals surface area (Å²) in [5, 5.41) is 12.9. The molecule has 1 aliphatic rings. The van der Waals surface area contributed by atoms with Gasteiger partial charge in [0.1, 0.15) is 0 Å². The molecule has 0 fully saturated rings. The van der Waals surface area contributed by atoms with Crippen molar-refractivity contribution in [2.24, 2.45) is 5.16 Å². The number of hydrogen-bond donors (Lipinski definition) is 0. The molecule has 3 nitrogen and oxygen atoms in total. The van der Waals surface area contributed by atoms with Gasteiger partial charge in [-0.25, -0.2) is 0 Å². The van der Waals surface area contributed by atoms with Crippen LogP contribution in [0.3, 0.4) is 0 Å². The zero-order valence-corrected chi connectivity index (χ0v) is 14.7. The lowest BCUT2D eigenvalue weighted by molar-refractivity contribution is -0.275. The van der Waals surface area contributed by atoms with Crippen molar-refractivity contribution in [2.45, 2.75) is 32.0 Å². The number of oxime groups is 1. The number of alkyl halides is 3. The van der Waals surface area contributed by atoms with Crippen LogP contribution in [0.2, 0.25) is 5.02 Å². The predicted molar refractivity (Wildman–Crippen MR) is 92.1 cm³/mol. The highest BCUT2D eigenvalue weighted by Gasteiger charge is 2.62. The molecule has 0 N–H and O–H groups in total. The van der Waals surface area contributed by atoms with Crippen molar-refractivity contribution in [1.29, 1.82) is 5.26 Å². The first kappa shape index (κ1) is 18.3. The van der Waals surface area contributed by atoms with Crippen LogP contribution >= 0.6 is 11.6 Å². The first-order chi connectivity index (χ1) is 12.2. The van der Waals surface area contributed by atoms with E-state index in [0.29, 0.717) is 22.3 Å². The van der Waals surface area contributed by atoms with Crippen LogP contribution in [0.25, 0.3) is 0 Å². The standard InChI is InChI=1S/C19H14ClF3N2O/c1-11-5-15(8-16(20)6-11)18(19(21,22)23)9-17(25-26-18)13-3-4-14(10-24)12(2)7-13/h3-8H,9H2,1-2H3. The molecule has 1 unspecified atom stereocenters. The van der Waals surface area contributed by atoms with Crippen molar-refractivity contribution in [2.75, 3.05) is 0 Å². The van der Waals surface area contributed by atoms with Crippen molar-refractivity contribution in [1.82, 2.24) is 0 Å². The molecular formula is C19H14ClF3N2O. The molecule has 0 amide bonds. The summed E-state index contributed by atoms with van der Waals surface area (Å²) in [4.78, 5) is 5.00. The molecule has 2 aromatic carbocycles. The number of rotatable bonds is 2. The molecule has 0 aliphatic carbocycles. The average molecular weight is 379 g/mol. The van der Waals surface area contributed by atoms with Crippen LogP contribution in [0.5, 0.6) is 0 Å². The topological polar surface area (TPSA) is 45.4 Å². The summed E-state index contributed by atoms with van der Waals surface area (Å²) >= 11 is 5.96. The lowest BCUT2D eigenvalue weighted by Crippen LogP contribution is -2.42. The van der Waals surface area contributed by atoms with Gasteiger partial charge in [-0.1, -0.05) is 28.9 Å². The summed E-state index contributed by atoms with van der Waals surface area (Å²) < 4.78 is 41.9. The van der Waals surface area contributed by atoms with Crippen LogP contribution in [0, 0.1) is 25.2 Å². The predicted octanol–water partition coefficient (Wildman–Crippen LogP) is 5.41. The van der Waals surface area contributed by atoms with Crippen molar-refractivity contribution in [3.05, 3.63) is 69.2 Å². The Kier molecular flexibility index (Phi) is 4.45. The van der Waals surface area contributed by atoms with E-state index in [2.05, 4.69) is 5.16 Å². The molecule has 0 radical (unpaired) electrons. The lowest BCUT2D eigenvalue weighted by atomic mass is 9.85. The Morgan fingerprint density at radius 1 is 1.19 bits per heavy atom. The third-order valence-electron chi connectivity index (χ3n) is 4.37. The Labute approximate surface area is 153 Å². The van der Waals surface area contributed by atoms with Crippen molar-refractivity contribution in [3.8, 4) is 6.07 Å². The van der Waals surface area contributed by atoms with Crippen LogP contribution in [-0.2, 0) is 10.4 Å². The SMILES string of the molecule is Cc1cc(Cl)cc(C2(C(F)(F)F)CC(c3ccc(C#N)c(C)c3)=NO2)c1. The quantitative estimate of drug-likeness (QED) is 0.701. The van der Waals surface area contributed by atoms with Gasteiger partial charge < -0.3 is 4.84 Å². The highest BCUT2D eigenvalue weighted by molar-refractivity contribution is 6.30. The molecule has 1 aliphatic heterocycles. The maximum atomic E-state index is 14.0. The molecular weight excluding hydrogens is 365 g/mol. The number of nitriles is 1. The number of nitrogens with zero attached hydrogens (tertiary/aromatic N) is 2. The van der Waals surface area contributed by atoms with Crippen LogP contribution in [0.15, 0.2) is 41.6 Å². The molecule has 2 aromatic rings. The monoisotopic (exact) mass is 378 g/mol. The Bertz CT molecular complexity index is 927. The van der Waals surface area contributed by atoms with Gasteiger partial charge in [-0.3, -0.25) is 0 Å². The van der Waals surface area contributed by atoms with E-state index in [-0.39, 0.29) is 16.3 Å². The van der Waals surface area contributed by atoms with E-state index in [1.165, 1.54) is 12.1 Å². The highest BCUT2D eigenvalue weighted by Crippen LogP contribution is 2.49. The molecule has 0 saturated heterocycles. The van der Waals surface area contributed by atoms with Gasteiger partial charge in [0.05, 0.1) is 17.3 Å². The maximum absolute atomic E-state index is 14.0. The fourth-order valence-corrected chi connectivity index (χ4v) is 3.29. The van der Waals surface area contributed by atoms with Crippen LogP contribution in [-0.4, -0.2) is 11.9 Å². The van der Waals surface area contributed by atoms with Crippen LogP contribution in [0.4, 0.5) is 13.2 Å². The largest absolute Gasteiger partial charge is 0.435 e. The van der Waals surface area contributed by atoms with Gasteiger partial charge in [-0.2, -0.15) is 18.4 Å². The zero-order valence-electron chi connectivity index (χ0n) is 14.0. The Hall–Kier alpha value is -2.52. The normalized spacial score (nSPS) is 19.7. The zero-order chi connectivity index (χ0) is 19.1. The van der Waals surface area contributed by atoms with Crippen molar-refractivity contribution >= 4 is 17.3 Å². The Balaban J connectivity index is 2.04. The lowest BCUT2D eigenvalue weighted by Gasteiger charge is -2.29. The average Bonchev–Trinajstić information content (AvgIpc) is 3.00. The third kappa shape index (κ3) is 3.04. The summed E-state index contributed by atoms with van der Waals surface area (Å²) in [6.45, 7) is 3.38. The Morgan fingerprint density at radius 2 is 1.92 bits per heavy atom. The van der Waals surface area contributed by atoms with E-state index in [1.807, 2.05) is 6.07 Å². The van der Waals surface area contributed by atoms with Crippen LogP contribution < -0.4 is 0 Å². The molecule has 0 spiro atoms. The fraction of sp³-hybridized carbons (Fsp3) is 0.263. The summed E-state index contributed by atoms with van der Waals surface area (Å²) in [6, 6.07) is 11.0. The van der Waals surface area contributed by atoms with Gasteiger partial charge in [-0.15, -0.1) is 0 Å². The second-order valence-corrected chi connectivity index (χ2v) is 6.73. The molecule has 3 rings (SSSR count). The van der Waals surface area contributed by atoms with Gasteiger partial charge in [0.15, 0.2) is 0 Å². The molecule has 134 valence electrons. The summed E-state index contributed by atoms with van der Waals surface area (Å²) in [7, 11) is 0. The summed E-state index contributed by atoms with van der Waals surface area (Å²) in [5.74, 6) is 0. The van der Waals surface area contributed by atoms with Gasteiger partial charge in [0.2, 0.25) is 0 Å². The van der Waals surface area contributed by atoms with E-state index in [4.69, 9.17) is 21.7 Å².